The number of rotatable bonds is 6. The molecule has 0 unspecified atom stereocenters. The summed E-state index contributed by atoms with van der Waals surface area (Å²) in [5.41, 5.74) is 2.59. The number of morpholine rings is 1. The van der Waals surface area contributed by atoms with Crippen molar-refractivity contribution in [2.24, 2.45) is 0 Å². The predicted octanol–water partition coefficient (Wildman–Crippen LogP) is 3.44. The lowest BCUT2D eigenvalue weighted by Crippen LogP contribution is -2.40. The quantitative estimate of drug-likeness (QED) is 0.587. The molecule has 9 nitrogen and oxygen atoms in total. The highest BCUT2D eigenvalue weighted by molar-refractivity contribution is 7.92. The zero-order valence-electron chi connectivity index (χ0n) is 18.7. The Morgan fingerprint density at radius 3 is 2.45 bits per heavy atom. The van der Waals surface area contributed by atoms with Crippen molar-refractivity contribution in [2.45, 2.75) is 31.6 Å². The average Bonchev–Trinajstić information content (AvgIpc) is 3.30. The first-order chi connectivity index (χ1) is 15.7. The van der Waals surface area contributed by atoms with E-state index in [9.17, 15) is 13.2 Å². The summed E-state index contributed by atoms with van der Waals surface area (Å²) in [5, 5.41) is 3.89. The van der Waals surface area contributed by atoms with Crippen LogP contribution in [0.1, 0.15) is 41.6 Å². The molecule has 2 heterocycles. The van der Waals surface area contributed by atoms with Gasteiger partial charge in [0.25, 0.3) is 10.0 Å². The van der Waals surface area contributed by atoms with Crippen molar-refractivity contribution in [3.8, 4) is 11.4 Å². The highest BCUT2D eigenvalue weighted by Gasteiger charge is 2.25. The largest absolute Gasteiger partial charge is 0.378 e. The van der Waals surface area contributed by atoms with Crippen LogP contribution in [0.15, 0.2) is 51.9 Å². The Bertz CT molecular complexity index is 1250. The molecule has 3 aromatic rings. The molecule has 1 fully saturated rings. The maximum Gasteiger partial charge on any atom is 0.316 e. The van der Waals surface area contributed by atoms with Crippen LogP contribution in [0.3, 0.4) is 0 Å². The normalized spacial score (nSPS) is 14.5. The molecule has 1 N–H and O–H groups in total. The molecule has 174 valence electrons. The predicted molar refractivity (Wildman–Crippen MR) is 123 cm³/mol. The van der Waals surface area contributed by atoms with Crippen LogP contribution in [-0.2, 0) is 14.8 Å². The van der Waals surface area contributed by atoms with E-state index in [4.69, 9.17) is 9.26 Å². The first kappa shape index (κ1) is 22.9. The Morgan fingerprint density at radius 1 is 1.09 bits per heavy atom. The maximum atomic E-state index is 13.1. The molecule has 1 aromatic heterocycles. The lowest BCUT2D eigenvalue weighted by Gasteiger charge is -2.25. The number of carbonyl (C=O) groups excluding carboxylic acids is 1. The molecule has 0 aliphatic carbocycles. The van der Waals surface area contributed by atoms with E-state index in [0.29, 0.717) is 49.0 Å². The van der Waals surface area contributed by atoms with Crippen LogP contribution in [0.2, 0.25) is 0 Å². The number of hydrogen-bond donors (Lipinski definition) is 1. The van der Waals surface area contributed by atoms with Crippen molar-refractivity contribution in [1.29, 1.82) is 0 Å². The zero-order chi connectivity index (χ0) is 23.6. The molecular weight excluding hydrogens is 444 g/mol. The van der Waals surface area contributed by atoms with Crippen LogP contribution in [0, 0.1) is 6.92 Å². The number of nitrogens with one attached hydrogen (secondary N) is 1. The summed E-state index contributed by atoms with van der Waals surface area (Å²) >= 11 is 0. The van der Waals surface area contributed by atoms with Gasteiger partial charge in [0.1, 0.15) is 0 Å². The van der Waals surface area contributed by atoms with Gasteiger partial charge in [-0.15, -0.1) is 0 Å². The fourth-order valence-corrected chi connectivity index (χ4v) is 4.83. The number of aromatic nitrogens is 2. The summed E-state index contributed by atoms with van der Waals surface area (Å²) in [5.74, 6) is -0.0160. The average molecular weight is 471 g/mol. The van der Waals surface area contributed by atoms with Crippen molar-refractivity contribution < 1.29 is 22.5 Å². The number of carbonyl (C=O) groups is 1. The third kappa shape index (κ3) is 5.07. The maximum absolute atomic E-state index is 13.1. The van der Waals surface area contributed by atoms with Crippen LogP contribution in [0.5, 0.6) is 0 Å². The van der Waals surface area contributed by atoms with Gasteiger partial charge in [0.05, 0.1) is 18.1 Å². The van der Waals surface area contributed by atoms with Gasteiger partial charge in [0.2, 0.25) is 5.82 Å². The van der Waals surface area contributed by atoms with Gasteiger partial charge in [-0.05, 0) is 42.2 Å². The molecule has 0 saturated carbocycles. The molecule has 10 heteroatoms. The van der Waals surface area contributed by atoms with Crippen molar-refractivity contribution in [3.05, 3.63) is 59.5 Å². The van der Waals surface area contributed by atoms with E-state index in [0.717, 1.165) is 5.56 Å². The van der Waals surface area contributed by atoms with Gasteiger partial charge in [-0.3, -0.25) is 9.52 Å². The van der Waals surface area contributed by atoms with E-state index in [-0.39, 0.29) is 22.5 Å². The van der Waals surface area contributed by atoms with E-state index in [1.807, 2.05) is 12.1 Å². The number of anilines is 1. The summed E-state index contributed by atoms with van der Waals surface area (Å²) in [6.07, 6.45) is 0. The van der Waals surface area contributed by atoms with Crippen molar-refractivity contribution in [3.63, 3.8) is 0 Å². The van der Waals surface area contributed by atoms with Gasteiger partial charge in [-0.2, -0.15) is 4.98 Å². The fourth-order valence-electron chi connectivity index (χ4n) is 3.50. The van der Waals surface area contributed by atoms with Crippen LogP contribution >= 0.6 is 0 Å². The van der Waals surface area contributed by atoms with Crippen molar-refractivity contribution >= 4 is 21.6 Å². The number of hydrogen-bond acceptors (Lipinski definition) is 7. The van der Waals surface area contributed by atoms with E-state index in [2.05, 4.69) is 28.7 Å². The first-order valence-corrected chi connectivity index (χ1v) is 12.2. The van der Waals surface area contributed by atoms with Gasteiger partial charge in [-0.25, -0.2) is 8.42 Å². The van der Waals surface area contributed by atoms with E-state index >= 15 is 0 Å². The fraction of sp³-hybridized carbons (Fsp3) is 0.348. The number of amides is 1. The second-order valence-electron chi connectivity index (χ2n) is 8.19. The molecule has 1 amide bonds. The Balaban J connectivity index is 1.57. The molecule has 0 spiro atoms. The molecule has 4 rings (SSSR count). The highest BCUT2D eigenvalue weighted by atomic mass is 32.2. The van der Waals surface area contributed by atoms with E-state index in [1.54, 1.807) is 36.1 Å². The topological polar surface area (TPSA) is 115 Å². The molecule has 0 atom stereocenters. The van der Waals surface area contributed by atoms with E-state index in [1.165, 1.54) is 6.07 Å². The molecule has 33 heavy (non-hydrogen) atoms. The third-order valence-electron chi connectivity index (χ3n) is 5.47. The van der Waals surface area contributed by atoms with Crippen LogP contribution in [0.25, 0.3) is 11.4 Å². The minimum Gasteiger partial charge on any atom is -0.378 e. The number of benzene rings is 2. The van der Waals surface area contributed by atoms with Gasteiger partial charge in [-0.1, -0.05) is 43.3 Å². The van der Waals surface area contributed by atoms with Crippen molar-refractivity contribution in [2.75, 3.05) is 31.0 Å². The zero-order valence-corrected chi connectivity index (χ0v) is 19.6. The van der Waals surface area contributed by atoms with Crippen molar-refractivity contribution in [1.82, 2.24) is 15.0 Å². The number of nitrogens with zero attached hydrogens (tertiary/aromatic N) is 3. The minimum atomic E-state index is -3.86. The number of ether oxygens (including phenoxy) is 1. The van der Waals surface area contributed by atoms with E-state index < -0.39 is 10.0 Å². The minimum absolute atomic E-state index is 0.0961. The Kier molecular flexibility index (Phi) is 6.48. The van der Waals surface area contributed by atoms with Gasteiger partial charge in [0, 0.05) is 24.3 Å². The number of aryl methyl sites for hydroxylation is 1. The summed E-state index contributed by atoms with van der Waals surface area (Å²) < 4.78 is 39.2. The number of sulfonamides is 1. The van der Waals surface area contributed by atoms with Crippen LogP contribution in [0.4, 0.5) is 5.69 Å². The Labute approximate surface area is 192 Å². The highest BCUT2D eigenvalue weighted by Crippen LogP contribution is 2.26. The Hall–Kier alpha value is -3.24. The molecular formula is C23H26N4O5S. The monoisotopic (exact) mass is 470 g/mol. The summed E-state index contributed by atoms with van der Waals surface area (Å²) in [6, 6.07) is 12.1. The third-order valence-corrected chi connectivity index (χ3v) is 7.00. The first-order valence-electron chi connectivity index (χ1n) is 10.7. The lowest BCUT2D eigenvalue weighted by molar-refractivity contribution is 0.0272. The van der Waals surface area contributed by atoms with Crippen LogP contribution in [-0.4, -0.2) is 55.7 Å². The molecule has 2 aromatic carbocycles. The lowest BCUT2D eigenvalue weighted by atomic mass is 10.0. The van der Waals surface area contributed by atoms with Gasteiger partial charge in [0.15, 0.2) is 0 Å². The molecule has 0 radical (unpaired) electrons. The summed E-state index contributed by atoms with van der Waals surface area (Å²) in [7, 11) is -3.86. The standard InChI is InChI=1S/C23H26N4O5S/c1-15(2)17-6-8-19(9-7-17)26-33(29,30)20-14-18(5-4-16(20)3)21-24-22(32-25-21)23(28)27-10-12-31-13-11-27/h4-9,14-15,26H,10-13H2,1-3H3. The summed E-state index contributed by atoms with van der Waals surface area (Å²) in [6.45, 7) is 7.68. The SMILES string of the molecule is Cc1ccc(-c2noc(C(=O)N3CCOCC3)n2)cc1S(=O)(=O)Nc1ccc(C(C)C)cc1. The Morgan fingerprint density at radius 2 is 1.79 bits per heavy atom. The second-order valence-corrected chi connectivity index (χ2v) is 9.84. The second kappa shape index (κ2) is 9.32. The van der Waals surface area contributed by atoms with Crippen LogP contribution < -0.4 is 4.72 Å². The summed E-state index contributed by atoms with van der Waals surface area (Å²) in [4.78, 5) is 18.4. The molecule has 1 aliphatic heterocycles. The molecule has 1 aliphatic rings. The molecule has 0 bridgehead atoms. The molecule has 1 saturated heterocycles. The van der Waals surface area contributed by atoms with Gasteiger partial charge >= 0.3 is 11.8 Å². The van der Waals surface area contributed by atoms with Gasteiger partial charge < -0.3 is 14.2 Å². The smallest absolute Gasteiger partial charge is 0.316 e.